The monoisotopic (exact) mass is 410 g/mol. The molecule has 0 N–H and O–H groups in total. The van der Waals surface area contributed by atoms with Crippen LogP contribution in [0.25, 0.3) is 21.5 Å². The number of benzene rings is 4. The molecule has 0 amide bonds. The minimum atomic E-state index is -0.810. The number of ketones is 2. The molecule has 0 radical (unpaired) electrons. The van der Waals surface area contributed by atoms with Gasteiger partial charge < -0.3 is 4.74 Å². The van der Waals surface area contributed by atoms with Crippen LogP contribution in [0.5, 0.6) is 0 Å². The second-order valence-electron chi connectivity index (χ2n) is 7.67. The zero-order valence-electron chi connectivity index (χ0n) is 17.9. The maximum Gasteiger partial charge on any atom is 0.165 e. The highest BCUT2D eigenvalue weighted by Crippen LogP contribution is 2.36. The van der Waals surface area contributed by atoms with E-state index >= 15 is 0 Å². The lowest BCUT2D eigenvalue weighted by molar-refractivity contribution is -0.144. The summed E-state index contributed by atoms with van der Waals surface area (Å²) in [6, 6.07) is 27.7. The fourth-order valence-electron chi connectivity index (χ4n) is 4.11. The number of hydrogen-bond acceptors (Lipinski definition) is 3. The third kappa shape index (κ3) is 4.14. The number of fused-ring (bicyclic) bond motifs is 2. The number of hydrogen-bond donors (Lipinski definition) is 0. The Balaban J connectivity index is 1.85. The van der Waals surface area contributed by atoms with Gasteiger partial charge in [0.2, 0.25) is 0 Å². The summed E-state index contributed by atoms with van der Waals surface area (Å²) in [6.07, 6.45) is -0.960. The maximum atomic E-state index is 13.1. The van der Waals surface area contributed by atoms with Crippen LogP contribution in [0.15, 0.2) is 84.9 Å². The van der Waals surface area contributed by atoms with E-state index in [4.69, 9.17) is 4.74 Å². The van der Waals surface area contributed by atoms with Gasteiger partial charge in [-0.3, -0.25) is 9.59 Å². The van der Waals surface area contributed by atoms with Gasteiger partial charge in [0, 0.05) is 12.8 Å². The van der Waals surface area contributed by atoms with Crippen LogP contribution in [0.3, 0.4) is 0 Å². The van der Waals surface area contributed by atoms with Crippen molar-refractivity contribution in [3.8, 4) is 0 Å². The fraction of sp³-hybridized carbons (Fsp3) is 0.214. The number of ether oxygens (including phenoxy) is 1. The summed E-state index contributed by atoms with van der Waals surface area (Å²) in [5.74, 6) is -0.0732. The van der Waals surface area contributed by atoms with Crippen LogP contribution in [-0.2, 0) is 14.3 Å². The fourth-order valence-corrected chi connectivity index (χ4v) is 4.11. The van der Waals surface area contributed by atoms with Gasteiger partial charge >= 0.3 is 0 Å². The minimum absolute atomic E-state index is 0.0366. The molecule has 0 aliphatic heterocycles. The molecule has 0 saturated heterocycles. The number of carbonyl (C=O) groups excluding carboxylic acids is 2. The average molecular weight is 411 g/mol. The predicted molar refractivity (Wildman–Crippen MR) is 125 cm³/mol. The smallest absolute Gasteiger partial charge is 0.165 e. The van der Waals surface area contributed by atoms with Crippen molar-refractivity contribution in [1.29, 1.82) is 0 Å². The van der Waals surface area contributed by atoms with Crippen molar-refractivity contribution in [2.45, 2.75) is 38.9 Å². The van der Waals surface area contributed by atoms with E-state index in [0.717, 1.165) is 32.7 Å². The van der Waals surface area contributed by atoms with E-state index in [9.17, 15) is 9.59 Å². The van der Waals surface area contributed by atoms with Crippen molar-refractivity contribution in [3.05, 3.63) is 96.1 Å². The summed E-state index contributed by atoms with van der Waals surface area (Å²) in [4.78, 5) is 26.1. The molecule has 0 aromatic heterocycles. The molecule has 0 bridgehead atoms. The van der Waals surface area contributed by atoms with Gasteiger partial charge in [-0.15, -0.1) is 0 Å². The first-order valence-electron chi connectivity index (χ1n) is 10.8. The minimum Gasteiger partial charge on any atom is -0.350 e. The molecule has 2 atom stereocenters. The van der Waals surface area contributed by atoms with Crippen LogP contribution >= 0.6 is 0 Å². The van der Waals surface area contributed by atoms with Crippen LogP contribution in [0.1, 0.15) is 50.0 Å². The maximum absolute atomic E-state index is 13.1. The van der Waals surface area contributed by atoms with Crippen molar-refractivity contribution in [2.24, 2.45) is 0 Å². The van der Waals surface area contributed by atoms with E-state index < -0.39 is 12.2 Å². The Morgan fingerprint density at radius 1 is 0.613 bits per heavy atom. The topological polar surface area (TPSA) is 43.4 Å². The van der Waals surface area contributed by atoms with E-state index in [2.05, 4.69) is 0 Å². The second-order valence-corrected chi connectivity index (χ2v) is 7.67. The van der Waals surface area contributed by atoms with Crippen molar-refractivity contribution >= 4 is 33.1 Å². The van der Waals surface area contributed by atoms with Gasteiger partial charge in [0.05, 0.1) is 0 Å². The van der Waals surface area contributed by atoms with Gasteiger partial charge in [0.15, 0.2) is 11.6 Å². The van der Waals surface area contributed by atoms with Gasteiger partial charge in [-0.2, -0.15) is 0 Å². The lowest BCUT2D eigenvalue weighted by Crippen LogP contribution is -2.23. The number of Topliss-reactive ketones (excluding diaryl/α,β-unsaturated/α-hetero) is 2. The van der Waals surface area contributed by atoms with Crippen molar-refractivity contribution in [2.75, 3.05) is 0 Å². The van der Waals surface area contributed by atoms with Crippen LogP contribution in [0.2, 0.25) is 0 Å². The SMILES string of the molecule is CCC(=O)C(OC(C(=O)CC)c1cccc2ccccc12)c1cccc2ccccc12. The first-order valence-corrected chi connectivity index (χ1v) is 10.8. The normalized spacial score (nSPS) is 13.2. The van der Waals surface area contributed by atoms with Crippen molar-refractivity contribution in [3.63, 3.8) is 0 Å². The summed E-state index contributed by atoms with van der Waals surface area (Å²) in [5, 5.41) is 4.02. The van der Waals surface area contributed by atoms with E-state index in [-0.39, 0.29) is 11.6 Å². The molecule has 3 nitrogen and oxygen atoms in total. The average Bonchev–Trinajstić information content (AvgIpc) is 2.83. The summed E-state index contributed by atoms with van der Waals surface area (Å²) in [5.41, 5.74) is 1.61. The molecule has 3 heteroatoms. The Morgan fingerprint density at radius 3 is 1.42 bits per heavy atom. The lowest BCUT2D eigenvalue weighted by atomic mass is 9.94. The highest BCUT2D eigenvalue weighted by Gasteiger charge is 2.30. The molecule has 0 aliphatic carbocycles. The lowest BCUT2D eigenvalue weighted by Gasteiger charge is -2.25. The van der Waals surface area contributed by atoms with Gasteiger partial charge in [0.25, 0.3) is 0 Å². The Bertz CT molecular complexity index is 1130. The van der Waals surface area contributed by atoms with Crippen LogP contribution in [0.4, 0.5) is 0 Å². The summed E-state index contributed by atoms with van der Waals surface area (Å²) in [7, 11) is 0. The van der Waals surface area contributed by atoms with Gasteiger partial charge in [-0.05, 0) is 32.7 Å². The first kappa shape index (κ1) is 21.0. The Morgan fingerprint density at radius 2 is 1.00 bits per heavy atom. The molecule has 0 fully saturated rings. The Kier molecular flexibility index (Phi) is 6.24. The molecule has 156 valence electrons. The molecule has 0 aliphatic rings. The van der Waals surface area contributed by atoms with Crippen LogP contribution < -0.4 is 0 Å². The van der Waals surface area contributed by atoms with Crippen LogP contribution in [-0.4, -0.2) is 11.6 Å². The molecule has 0 saturated carbocycles. The Hall–Kier alpha value is -3.30. The first-order chi connectivity index (χ1) is 15.1. The molecule has 4 rings (SSSR count). The molecular formula is C28H26O3. The number of carbonyl (C=O) groups is 2. The van der Waals surface area contributed by atoms with E-state index in [1.54, 1.807) is 0 Å². The zero-order chi connectivity index (χ0) is 21.8. The quantitative estimate of drug-likeness (QED) is 0.323. The molecule has 4 aromatic carbocycles. The van der Waals surface area contributed by atoms with Gasteiger partial charge in [0.1, 0.15) is 12.2 Å². The van der Waals surface area contributed by atoms with E-state index in [1.807, 2.05) is 98.8 Å². The number of rotatable bonds is 8. The van der Waals surface area contributed by atoms with Crippen molar-refractivity contribution < 1.29 is 14.3 Å². The predicted octanol–water partition coefficient (Wildman–Crippen LogP) is 6.75. The second kappa shape index (κ2) is 9.23. The zero-order valence-corrected chi connectivity index (χ0v) is 17.9. The summed E-state index contributed by atoms with van der Waals surface area (Å²) >= 11 is 0. The highest BCUT2D eigenvalue weighted by molar-refractivity contribution is 5.95. The Labute approximate surface area is 182 Å². The highest BCUT2D eigenvalue weighted by atomic mass is 16.5. The van der Waals surface area contributed by atoms with Crippen molar-refractivity contribution in [1.82, 2.24) is 0 Å². The molecule has 4 aromatic rings. The molecule has 2 unspecified atom stereocenters. The summed E-state index contributed by atoms with van der Waals surface area (Å²) in [6.45, 7) is 3.66. The third-order valence-corrected chi connectivity index (χ3v) is 5.77. The van der Waals surface area contributed by atoms with Crippen LogP contribution in [0, 0.1) is 0 Å². The van der Waals surface area contributed by atoms with E-state index in [0.29, 0.717) is 12.8 Å². The third-order valence-electron chi connectivity index (χ3n) is 5.77. The standard InChI is InChI=1S/C28H26O3/c1-3-25(29)27(23-17-9-13-19-11-5-7-15-21(19)23)31-28(26(30)4-2)24-18-10-14-20-12-6-8-16-22(20)24/h5-18,27-28H,3-4H2,1-2H3. The van der Waals surface area contributed by atoms with Gasteiger partial charge in [-0.1, -0.05) is 98.8 Å². The largest absolute Gasteiger partial charge is 0.350 e. The molecule has 0 spiro atoms. The molecule has 31 heavy (non-hydrogen) atoms. The van der Waals surface area contributed by atoms with Gasteiger partial charge in [-0.25, -0.2) is 0 Å². The molecule has 0 heterocycles. The van der Waals surface area contributed by atoms with E-state index in [1.165, 1.54) is 0 Å². The molecular weight excluding hydrogens is 384 g/mol. The summed E-state index contributed by atoms with van der Waals surface area (Å²) < 4.78 is 6.45.